The Bertz CT molecular complexity index is 1470. The SMILES string of the molecule is C[Si](C)(Cl)CCCO[Si](C)(CCCO[Si](OCCC[Si](C)(OCCC[Si](C)(C)Cl)OCCC[Si](C)(C)Cl)(OCCC[Si](C)(OCCC[Si](C)(C)Cl)OCCC[Si](C)(C)Cl)OCCC[Si](C)(OCCC[Si](C)(C)Cl)OCCC[Si](C)(C)Cl)OCCC[Si](C)(C)Cl. The lowest BCUT2D eigenvalue weighted by molar-refractivity contribution is -0.0359. The lowest BCUT2D eigenvalue weighted by Crippen LogP contribution is -2.51. The Balaban J connectivity index is 7.43. The van der Waals surface area contributed by atoms with E-state index in [1.807, 2.05) is 0 Å². The van der Waals surface area contributed by atoms with Crippen LogP contribution in [0.3, 0.4) is 0 Å². The zero-order valence-corrected chi connectivity index (χ0v) is 78.9. The van der Waals surface area contributed by atoms with Gasteiger partial charge in [0.05, 0.1) is 0 Å². The van der Waals surface area contributed by atoms with Gasteiger partial charge in [-0.15, -0.1) is 0 Å². The minimum atomic E-state index is -3.94. The Morgan fingerprint density at radius 1 is 0.157 bits per heavy atom. The third kappa shape index (κ3) is 60.0. The monoisotopic (exact) mass is 1640 g/mol. The molecule has 536 valence electrons. The molecule has 33 heteroatoms. The molecule has 0 fully saturated rings. The molecule has 0 saturated carbocycles. The van der Waals surface area contributed by atoms with Gasteiger partial charge in [-0.05, 0) is 176 Å². The van der Waals surface area contributed by atoms with E-state index in [9.17, 15) is 0 Å². The minimum Gasteiger partial charge on any atom is -0.394 e. The quantitative estimate of drug-likeness (QED) is 0.0328. The van der Waals surface area contributed by atoms with Gasteiger partial charge in [0.15, 0.2) is 59.1 Å². The van der Waals surface area contributed by atoms with Crippen LogP contribution in [0.1, 0.15) is 77.0 Å². The van der Waals surface area contributed by atoms with Gasteiger partial charge in [0.1, 0.15) is 0 Å². The van der Waals surface area contributed by atoms with Crippen molar-refractivity contribution in [3.8, 4) is 0 Å². The molecule has 0 bridgehead atoms. The van der Waals surface area contributed by atoms with Gasteiger partial charge >= 0.3 is 43.3 Å². The average molecular weight is 1650 g/mol. The highest BCUT2D eigenvalue weighted by Crippen LogP contribution is 2.30. The van der Waals surface area contributed by atoms with E-state index < -0.39 is 102 Å². The molecule has 0 unspecified atom stereocenters. The van der Waals surface area contributed by atoms with Crippen molar-refractivity contribution in [3.05, 3.63) is 0 Å². The Labute approximate surface area is 598 Å². The third-order valence-corrected chi connectivity index (χ3v) is 45.5. The molecular formula is C56H132Cl8O12Si13. The van der Waals surface area contributed by atoms with Crippen LogP contribution in [0.5, 0.6) is 0 Å². The van der Waals surface area contributed by atoms with E-state index in [2.05, 4.69) is 131 Å². The summed E-state index contributed by atoms with van der Waals surface area (Å²) in [7, 11) is -28.9. The van der Waals surface area contributed by atoms with Gasteiger partial charge in [-0.25, -0.2) is 0 Å². The Hall–Kier alpha value is 4.66. The highest BCUT2D eigenvalue weighted by molar-refractivity contribution is 7.21. The molecular weight excluding hydrogens is 1510 g/mol. The molecule has 0 aromatic carbocycles. The van der Waals surface area contributed by atoms with Crippen molar-refractivity contribution in [2.75, 3.05) is 79.3 Å². The number of hydrogen-bond acceptors (Lipinski definition) is 12. The van der Waals surface area contributed by atoms with E-state index in [0.717, 1.165) is 99.7 Å². The lowest BCUT2D eigenvalue weighted by atomic mass is 10.5. The molecule has 0 radical (unpaired) electrons. The normalized spacial score (nSPS) is 14.4. The number of halogens is 8. The Morgan fingerprint density at radius 2 is 0.258 bits per heavy atom. The van der Waals surface area contributed by atoms with Crippen LogP contribution in [-0.4, -0.2) is 182 Å². The third-order valence-electron chi connectivity index (χ3n) is 14.8. The van der Waals surface area contributed by atoms with Crippen LogP contribution in [0, 0.1) is 0 Å². The summed E-state index contributed by atoms with van der Waals surface area (Å²) in [6, 6.07) is 10.6. The zero-order chi connectivity index (χ0) is 68.4. The van der Waals surface area contributed by atoms with E-state index in [0.29, 0.717) is 129 Å². The van der Waals surface area contributed by atoms with Crippen molar-refractivity contribution in [2.24, 2.45) is 0 Å². The molecule has 0 N–H and O–H groups in total. The molecule has 0 saturated heterocycles. The van der Waals surface area contributed by atoms with Gasteiger partial charge in [0, 0.05) is 79.3 Å². The van der Waals surface area contributed by atoms with Crippen molar-refractivity contribution < 1.29 is 53.1 Å². The number of rotatable bonds is 60. The van der Waals surface area contributed by atoms with Crippen molar-refractivity contribution in [2.45, 2.75) is 281 Å². The van der Waals surface area contributed by atoms with Crippen LogP contribution in [0.4, 0.5) is 0 Å². The summed E-state index contributed by atoms with van der Waals surface area (Å²) >= 11 is 54.2. The van der Waals surface area contributed by atoms with Crippen molar-refractivity contribution in [1.29, 1.82) is 0 Å². The molecule has 0 aliphatic carbocycles. The number of hydrogen-bond donors (Lipinski definition) is 0. The topological polar surface area (TPSA) is 111 Å². The summed E-state index contributed by atoms with van der Waals surface area (Å²) in [5, 5.41) is 0. The van der Waals surface area contributed by atoms with Crippen molar-refractivity contribution >= 4 is 191 Å². The smallest absolute Gasteiger partial charge is 0.394 e. The summed E-state index contributed by atoms with van der Waals surface area (Å²) in [6.07, 6.45) is 9.79. The molecule has 0 aromatic rings. The van der Waals surface area contributed by atoms with E-state index in [-0.39, 0.29) is 0 Å². The second-order valence-corrected chi connectivity index (χ2v) is 102. The highest BCUT2D eigenvalue weighted by Gasteiger charge is 2.47. The fourth-order valence-electron chi connectivity index (χ4n) is 9.60. The predicted octanol–water partition coefficient (Wildman–Crippen LogP) is 22.1. The fraction of sp³-hybridized carbons (Fsp3) is 1.00. The van der Waals surface area contributed by atoms with Crippen LogP contribution in [-0.2, 0) is 53.1 Å². The summed E-state index contributed by atoms with van der Waals surface area (Å²) in [6.45, 7) is 49.8. The van der Waals surface area contributed by atoms with Crippen molar-refractivity contribution in [3.63, 3.8) is 0 Å². The summed E-state index contributed by atoms with van der Waals surface area (Å²) < 4.78 is 82.5. The molecule has 0 rings (SSSR count). The van der Waals surface area contributed by atoms with E-state index in [4.69, 9.17) is 142 Å². The molecule has 0 aliphatic heterocycles. The van der Waals surface area contributed by atoms with E-state index in [1.165, 1.54) is 0 Å². The van der Waals surface area contributed by atoms with Crippen LogP contribution in [0.25, 0.3) is 0 Å². The van der Waals surface area contributed by atoms with Gasteiger partial charge < -0.3 is 53.1 Å². The molecule has 0 aromatic heterocycles. The fourth-order valence-corrected chi connectivity index (χ4v) is 32.0. The van der Waals surface area contributed by atoms with Gasteiger partial charge in [0.2, 0.25) is 0 Å². The molecule has 12 nitrogen and oxygen atoms in total. The highest BCUT2D eigenvalue weighted by atomic mass is 35.6. The average Bonchev–Trinajstić information content (AvgIpc) is 3.47. The largest absolute Gasteiger partial charge is 0.679 e. The van der Waals surface area contributed by atoms with Crippen LogP contribution >= 0.6 is 88.6 Å². The van der Waals surface area contributed by atoms with Gasteiger partial charge in [-0.1, -0.05) is 105 Å². The summed E-state index contributed by atoms with van der Waals surface area (Å²) in [5.41, 5.74) is 0. The Morgan fingerprint density at radius 3 is 0.371 bits per heavy atom. The lowest BCUT2D eigenvalue weighted by Gasteiger charge is -2.32. The van der Waals surface area contributed by atoms with Gasteiger partial charge in [0.25, 0.3) is 0 Å². The molecule has 89 heavy (non-hydrogen) atoms. The zero-order valence-electron chi connectivity index (χ0n) is 59.9. The first kappa shape index (κ1) is 93.7. The molecule has 0 atom stereocenters. The standard InChI is InChI=1S/C56H132Cl8O12Si13/c1-77(2,57)45-21-33-65-85(17,66-34-22-46-78(3,4)58)53-29-41-73-89(74-42-30-54-86(18,67-35-23-47-79(5,6)59)68-36-24-48-80(7,8)60,75-43-31-55-87(19,69-37-25-49-81(9,10)61)70-38-26-50-82(11,12)62)76-44-32-56-88(20,71-39-27-51-83(13,14)63)72-40-28-52-84(15,16)64/h21-56H2,1-20H3. The van der Waals surface area contributed by atoms with Gasteiger partial charge in [-0.2, -0.15) is 88.6 Å². The second-order valence-electron chi connectivity index (χ2n) is 30.2. The Kier molecular flexibility index (Phi) is 48.0. The van der Waals surface area contributed by atoms with Crippen LogP contribution in [0.15, 0.2) is 0 Å². The first-order valence-electron chi connectivity index (χ1n) is 33.7. The molecule has 0 heterocycles. The first-order chi connectivity index (χ1) is 40.5. The molecule has 0 aliphatic rings. The minimum absolute atomic E-state index is 0.322. The molecule has 0 amide bonds. The summed E-state index contributed by atoms with van der Waals surface area (Å²) in [4.78, 5) is 0. The maximum atomic E-state index is 7.08. The molecule has 0 spiro atoms. The second kappa shape index (κ2) is 45.6. The predicted molar refractivity (Wildman–Crippen MR) is 423 cm³/mol. The van der Waals surface area contributed by atoms with Gasteiger partial charge in [-0.3, -0.25) is 0 Å². The van der Waals surface area contributed by atoms with Crippen LogP contribution < -0.4 is 0 Å². The summed E-state index contributed by atoms with van der Waals surface area (Å²) in [5.74, 6) is 0. The van der Waals surface area contributed by atoms with Crippen molar-refractivity contribution in [1.82, 2.24) is 0 Å². The van der Waals surface area contributed by atoms with Crippen LogP contribution in [0.2, 0.25) is 203 Å². The maximum Gasteiger partial charge on any atom is 0.679 e. The van der Waals surface area contributed by atoms with E-state index in [1.54, 1.807) is 0 Å². The maximum absolute atomic E-state index is 7.08. The first-order valence-corrected chi connectivity index (χ1v) is 79.1. The van der Waals surface area contributed by atoms with E-state index >= 15 is 0 Å².